The zero-order chi connectivity index (χ0) is 33.7. The molecule has 8 aromatic carbocycles. The summed E-state index contributed by atoms with van der Waals surface area (Å²) in [7, 11) is 0. The molecule has 0 N–H and O–H groups in total. The van der Waals surface area contributed by atoms with Crippen molar-refractivity contribution in [3.63, 3.8) is 0 Å². The number of anilines is 3. The SMILES string of the molecule is c1ccc(-c2ccc(N(c3ccc4c5ccccc5n(-c5ccccc5)c4c3)c3cccc4c3c3ccccc3n4-c3ccccc3)cc2)cc1. The van der Waals surface area contributed by atoms with Gasteiger partial charge in [-0.25, -0.2) is 0 Å². The van der Waals surface area contributed by atoms with Crippen LogP contribution in [0, 0.1) is 0 Å². The standard InChI is InChI=1S/C48H33N3/c1-4-15-34(16-5-1)35-27-29-38(30-28-35)49(39-31-32-41-40-21-10-12-23-43(40)51(47(41)33-39)37-19-8-3-9-20-37)45-25-14-26-46-48(45)42-22-11-13-24-44(42)50(46)36-17-6-2-7-18-36/h1-33H. The highest BCUT2D eigenvalue weighted by atomic mass is 15.2. The van der Waals surface area contributed by atoms with Crippen molar-refractivity contribution in [2.75, 3.05) is 4.90 Å². The van der Waals surface area contributed by atoms with Gasteiger partial charge in [-0.1, -0.05) is 127 Å². The number of fused-ring (bicyclic) bond motifs is 6. The maximum atomic E-state index is 2.44. The van der Waals surface area contributed by atoms with E-state index in [2.05, 4.69) is 214 Å². The Kier molecular flexibility index (Phi) is 6.81. The molecule has 0 fully saturated rings. The van der Waals surface area contributed by atoms with Crippen LogP contribution in [0.5, 0.6) is 0 Å². The Hall–Kier alpha value is -6.84. The van der Waals surface area contributed by atoms with Crippen molar-refractivity contribution in [3.05, 3.63) is 200 Å². The van der Waals surface area contributed by atoms with Crippen molar-refractivity contribution in [2.45, 2.75) is 0 Å². The van der Waals surface area contributed by atoms with Gasteiger partial charge in [0.15, 0.2) is 0 Å². The van der Waals surface area contributed by atoms with Gasteiger partial charge in [0.1, 0.15) is 0 Å². The fourth-order valence-electron chi connectivity index (χ4n) is 7.86. The molecule has 0 aliphatic rings. The van der Waals surface area contributed by atoms with Gasteiger partial charge in [-0.3, -0.25) is 0 Å². The summed E-state index contributed by atoms with van der Waals surface area (Å²) >= 11 is 0. The molecule has 0 aliphatic carbocycles. The first-order valence-electron chi connectivity index (χ1n) is 17.5. The Morgan fingerprint density at radius 2 is 0.804 bits per heavy atom. The molecule has 0 amide bonds. The summed E-state index contributed by atoms with van der Waals surface area (Å²) in [6, 6.07) is 72.1. The third-order valence-electron chi connectivity index (χ3n) is 10.1. The molecule has 0 aliphatic heterocycles. The maximum absolute atomic E-state index is 2.44. The van der Waals surface area contributed by atoms with Crippen LogP contribution in [0.25, 0.3) is 66.1 Å². The van der Waals surface area contributed by atoms with Crippen molar-refractivity contribution < 1.29 is 0 Å². The molecule has 0 saturated heterocycles. The second kappa shape index (κ2) is 11.9. The second-order valence-electron chi connectivity index (χ2n) is 13.0. The highest BCUT2D eigenvalue weighted by Crippen LogP contribution is 2.45. The molecule has 0 bridgehead atoms. The van der Waals surface area contributed by atoms with Crippen LogP contribution in [0.2, 0.25) is 0 Å². The smallest absolute Gasteiger partial charge is 0.0562 e. The molecule has 2 aromatic heterocycles. The first kappa shape index (κ1) is 29.1. The molecular weight excluding hydrogens is 619 g/mol. The van der Waals surface area contributed by atoms with Gasteiger partial charge in [-0.05, 0) is 83.9 Å². The number of rotatable bonds is 6. The van der Waals surface area contributed by atoms with Crippen LogP contribution in [0.3, 0.4) is 0 Å². The van der Waals surface area contributed by atoms with Crippen molar-refractivity contribution in [1.82, 2.24) is 9.13 Å². The summed E-state index contributed by atoms with van der Waals surface area (Å²) in [5.74, 6) is 0. The van der Waals surface area contributed by atoms with Crippen LogP contribution in [0.4, 0.5) is 17.1 Å². The largest absolute Gasteiger partial charge is 0.310 e. The third kappa shape index (κ3) is 4.74. The van der Waals surface area contributed by atoms with E-state index in [1.165, 1.54) is 54.7 Å². The first-order chi connectivity index (χ1) is 25.3. The van der Waals surface area contributed by atoms with Gasteiger partial charge in [-0.2, -0.15) is 0 Å². The quantitative estimate of drug-likeness (QED) is 0.174. The predicted molar refractivity (Wildman–Crippen MR) is 215 cm³/mol. The summed E-state index contributed by atoms with van der Waals surface area (Å²) in [5.41, 5.74) is 12.7. The van der Waals surface area contributed by atoms with Crippen LogP contribution >= 0.6 is 0 Å². The topological polar surface area (TPSA) is 13.1 Å². The average molecular weight is 652 g/mol. The Morgan fingerprint density at radius 3 is 1.49 bits per heavy atom. The lowest BCUT2D eigenvalue weighted by Gasteiger charge is -2.27. The number of nitrogens with zero attached hydrogens (tertiary/aromatic N) is 3. The molecule has 240 valence electrons. The summed E-state index contributed by atoms with van der Waals surface area (Å²) in [4.78, 5) is 2.44. The molecule has 0 unspecified atom stereocenters. The van der Waals surface area contributed by atoms with E-state index >= 15 is 0 Å². The predicted octanol–water partition coefficient (Wildman–Crippen LogP) is 13.0. The number of para-hydroxylation sites is 4. The number of benzene rings is 8. The first-order valence-corrected chi connectivity index (χ1v) is 17.5. The Balaban J connectivity index is 1.26. The van der Waals surface area contributed by atoms with E-state index < -0.39 is 0 Å². The van der Waals surface area contributed by atoms with Crippen molar-refractivity contribution in [3.8, 4) is 22.5 Å². The third-order valence-corrected chi connectivity index (χ3v) is 10.1. The van der Waals surface area contributed by atoms with Gasteiger partial charge in [0, 0.05) is 44.3 Å². The number of hydrogen-bond acceptors (Lipinski definition) is 1. The minimum atomic E-state index is 1.10. The summed E-state index contributed by atoms with van der Waals surface area (Å²) in [6.07, 6.45) is 0. The fourth-order valence-corrected chi connectivity index (χ4v) is 7.86. The van der Waals surface area contributed by atoms with Gasteiger partial charge in [0.2, 0.25) is 0 Å². The van der Waals surface area contributed by atoms with Crippen LogP contribution in [0.15, 0.2) is 200 Å². The Bertz CT molecular complexity index is 2830. The molecule has 3 heteroatoms. The molecule has 0 saturated carbocycles. The minimum absolute atomic E-state index is 1.10. The summed E-state index contributed by atoms with van der Waals surface area (Å²) in [6.45, 7) is 0. The minimum Gasteiger partial charge on any atom is -0.310 e. The van der Waals surface area contributed by atoms with Gasteiger partial charge >= 0.3 is 0 Å². The summed E-state index contributed by atoms with van der Waals surface area (Å²) < 4.78 is 4.79. The molecule has 10 rings (SSSR count). The maximum Gasteiger partial charge on any atom is 0.0562 e. The molecule has 0 radical (unpaired) electrons. The second-order valence-corrected chi connectivity index (χ2v) is 13.0. The van der Waals surface area contributed by atoms with Crippen LogP contribution in [-0.4, -0.2) is 9.13 Å². The molecule has 2 heterocycles. The molecule has 0 atom stereocenters. The van der Waals surface area contributed by atoms with Crippen molar-refractivity contribution in [2.24, 2.45) is 0 Å². The lowest BCUT2D eigenvalue weighted by atomic mass is 10.0. The van der Waals surface area contributed by atoms with Crippen LogP contribution < -0.4 is 4.90 Å². The molecular formula is C48H33N3. The van der Waals surface area contributed by atoms with Crippen LogP contribution in [-0.2, 0) is 0 Å². The van der Waals surface area contributed by atoms with E-state index in [0.717, 1.165) is 28.4 Å². The average Bonchev–Trinajstić information content (AvgIpc) is 3.72. The van der Waals surface area contributed by atoms with Gasteiger partial charge in [0.25, 0.3) is 0 Å². The normalized spacial score (nSPS) is 11.5. The fraction of sp³-hybridized carbons (Fsp3) is 0. The summed E-state index contributed by atoms with van der Waals surface area (Å²) in [5, 5.41) is 4.91. The van der Waals surface area contributed by atoms with E-state index in [4.69, 9.17) is 0 Å². The van der Waals surface area contributed by atoms with Gasteiger partial charge in [-0.15, -0.1) is 0 Å². The monoisotopic (exact) mass is 651 g/mol. The lowest BCUT2D eigenvalue weighted by Crippen LogP contribution is -2.10. The van der Waals surface area contributed by atoms with E-state index in [0.29, 0.717) is 0 Å². The zero-order valence-corrected chi connectivity index (χ0v) is 27.9. The lowest BCUT2D eigenvalue weighted by molar-refractivity contribution is 1.17. The highest BCUT2D eigenvalue weighted by molar-refractivity contribution is 6.17. The van der Waals surface area contributed by atoms with E-state index in [1.807, 2.05) is 0 Å². The Labute approximate surface area is 296 Å². The Morgan fingerprint density at radius 1 is 0.314 bits per heavy atom. The molecule has 0 spiro atoms. The van der Waals surface area contributed by atoms with Gasteiger partial charge < -0.3 is 14.0 Å². The van der Waals surface area contributed by atoms with Crippen molar-refractivity contribution >= 4 is 60.7 Å². The zero-order valence-electron chi connectivity index (χ0n) is 27.9. The van der Waals surface area contributed by atoms with E-state index in [1.54, 1.807) is 0 Å². The molecule has 51 heavy (non-hydrogen) atoms. The molecule has 10 aromatic rings. The van der Waals surface area contributed by atoms with Gasteiger partial charge in [0.05, 0.1) is 27.8 Å². The number of aromatic nitrogens is 2. The highest BCUT2D eigenvalue weighted by Gasteiger charge is 2.22. The number of hydrogen-bond donors (Lipinski definition) is 0. The van der Waals surface area contributed by atoms with Crippen LogP contribution in [0.1, 0.15) is 0 Å². The van der Waals surface area contributed by atoms with E-state index in [-0.39, 0.29) is 0 Å². The van der Waals surface area contributed by atoms with E-state index in [9.17, 15) is 0 Å². The molecule has 3 nitrogen and oxygen atoms in total. The van der Waals surface area contributed by atoms with Crippen molar-refractivity contribution in [1.29, 1.82) is 0 Å².